The molecule has 0 aliphatic rings. The molecule has 1 amide bonds. The van der Waals surface area contributed by atoms with Crippen molar-refractivity contribution in [3.8, 4) is 5.75 Å². The number of carbonyl (C=O) groups excluding carboxylic acids is 1. The van der Waals surface area contributed by atoms with E-state index >= 15 is 0 Å². The summed E-state index contributed by atoms with van der Waals surface area (Å²) in [7, 11) is 0. The molecule has 0 fully saturated rings. The topological polar surface area (TPSA) is 122 Å². The van der Waals surface area contributed by atoms with Gasteiger partial charge in [-0.2, -0.15) is 0 Å². The van der Waals surface area contributed by atoms with E-state index in [0.29, 0.717) is 17.8 Å². The lowest BCUT2D eigenvalue weighted by atomic mass is 10.0. The molecule has 0 saturated heterocycles. The average molecular weight is 448 g/mol. The molecule has 2 atom stereocenters. The summed E-state index contributed by atoms with van der Waals surface area (Å²) in [5.41, 5.74) is 2.47. The summed E-state index contributed by atoms with van der Waals surface area (Å²) in [6.07, 6.45) is 1.58. The molecule has 8 nitrogen and oxygen atoms in total. The highest BCUT2D eigenvalue weighted by atomic mass is 16.5. The summed E-state index contributed by atoms with van der Waals surface area (Å²) >= 11 is 0. The lowest BCUT2D eigenvalue weighted by Gasteiger charge is -2.19. The number of hydrogen-bond acceptors (Lipinski definition) is 5. The summed E-state index contributed by atoms with van der Waals surface area (Å²) < 4.78 is 11.0. The number of aromatic amines is 1. The van der Waals surface area contributed by atoms with Crippen molar-refractivity contribution in [1.29, 1.82) is 0 Å². The fourth-order valence-corrected chi connectivity index (χ4v) is 3.84. The Bertz CT molecular complexity index is 1390. The van der Waals surface area contributed by atoms with Crippen LogP contribution in [0.25, 0.3) is 21.9 Å². The normalized spacial score (nSPS) is 13.0. The summed E-state index contributed by atoms with van der Waals surface area (Å²) in [4.78, 5) is 39.4. The third-order valence-electron chi connectivity index (χ3n) is 5.58. The van der Waals surface area contributed by atoms with Crippen molar-refractivity contribution in [2.45, 2.75) is 38.8 Å². The molecule has 0 saturated carbocycles. The predicted octanol–water partition coefficient (Wildman–Crippen LogP) is 3.42. The van der Waals surface area contributed by atoms with Gasteiger partial charge in [0.15, 0.2) is 6.10 Å². The number of ether oxygens (including phenoxy) is 1. The molecular formula is C25H24N2O6. The molecule has 0 spiro atoms. The van der Waals surface area contributed by atoms with Gasteiger partial charge < -0.3 is 24.6 Å². The zero-order valence-corrected chi connectivity index (χ0v) is 18.3. The smallest absolute Gasteiger partial charge is 0.336 e. The minimum Gasteiger partial charge on any atom is -0.481 e. The maximum absolute atomic E-state index is 12.7. The maximum atomic E-state index is 12.7. The molecule has 0 unspecified atom stereocenters. The Morgan fingerprint density at radius 2 is 1.91 bits per heavy atom. The van der Waals surface area contributed by atoms with Crippen molar-refractivity contribution in [2.75, 3.05) is 0 Å². The van der Waals surface area contributed by atoms with Crippen molar-refractivity contribution in [3.05, 3.63) is 76.3 Å². The molecule has 3 N–H and O–H groups in total. The van der Waals surface area contributed by atoms with E-state index in [-0.39, 0.29) is 6.42 Å². The van der Waals surface area contributed by atoms with Gasteiger partial charge in [0.1, 0.15) is 17.4 Å². The van der Waals surface area contributed by atoms with E-state index in [1.54, 1.807) is 24.4 Å². The van der Waals surface area contributed by atoms with E-state index in [2.05, 4.69) is 10.3 Å². The highest BCUT2D eigenvalue weighted by molar-refractivity contribution is 5.88. The lowest BCUT2D eigenvalue weighted by Crippen LogP contribution is -2.47. The largest absolute Gasteiger partial charge is 0.481 e. The van der Waals surface area contributed by atoms with E-state index in [4.69, 9.17) is 9.15 Å². The molecule has 8 heteroatoms. The van der Waals surface area contributed by atoms with Crippen LogP contribution in [0.15, 0.2) is 63.9 Å². The van der Waals surface area contributed by atoms with E-state index in [0.717, 1.165) is 27.4 Å². The number of para-hydroxylation sites is 1. The summed E-state index contributed by atoms with van der Waals surface area (Å²) in [5.74, 6) is -1.36. The van der Waals surface area contributed by atoms with Crippen molar-refractivity contribution in [1.82, 2.24) is 10.3 Å². The zero-order valence-electron chi connectivity index (χ0n) is 18.3. The fraction of sp³-hybridized carbons (Fsp3) is 0.240. The van der Waals surface area contributed by atoms with Gasteiger partial charge in [0.05, 0.1) is 0 Å². The third-order valence-corrected chi connectivity index (χ3v) is 5.58. The number of nitrogens with one attached hydrogen (secondary N) is 2. The van der Waals surface area contributed by atoms with Crippen LogP contribution >= 0.6 is 0 Å². The minimum atomic E-state index is -1.14. The Balaban J connectivity index is 1.47. The number of fused-ring (bicyclic) bond motifs is 2. The Hall–Kier alpha value is -4.07. The van der Waals surface area contributed by atoms with Gasteiger partial charge in [0.2, 0.25) is 0 Å². The molecule has 33 heavy (non-hydrogen) atoms. The predicted molar refractivity (Wildman–Crippen MR) is 124 cm³/mol. The molecule has 2 aromatic heterocycles. The van der Waals surface area contributed by atoms with Crippen LogP contribution in [0.5, 0.6) is 5.75 Å². The number of amides is 1. The highest BCUT2D eigenvalue weighted by Crippen LogP contribution is 2.24. The van der Waals surface area contributed by atoms with Gasteiger partial charge in [-0.1, -0.05) is 25.1 Å². The Morgan fingerprint density at radius 1 is 1.12 bits per heavy atom. The van der Waals surface area contributed by atoms with Crippen LogP contribution in [0.4, 0.5) is 0 Å². The number of rotatable bonds is 8. The summed E-state index contributed by atoms with van der Waals surface area (Å²) in [6.45, 7) is 3.48. The summed E-state index contributed by atoms with van der Waals surface area (Å²) in [6, 6.07) is 12.9. The summed E-state index contributed by atoms with van der Waals surface area (Å²) in [5, 5.41) is 13.9. The third kappa shape index (κ3) is 4.74. The van der Waals surface area contributed by atoms with Gasteiger partial charge in [-0.3, -0.25) is 4.79 Å². The number of aliphatic carboxylic acids is 1. The first-order valence-corrected chi connectivity index (χ1v) is 10.7. The number of H-pyrrole nitrogens is 1. The van der Waals surface area contributed by atoms with E-state index in [1.165, 1.54) is 13.0 Å². The molecule has 2 heterocycles. The molecule has 4 rings (SSSR count). The molecule has 0 aliphatic heterocycles. The number of carboxylic acid groups (broad SMARTS) is 1. The second-order valence-electron chi connectivity index (χ2n) is 7.83. The first-order valence-electron chi connectivity index (χ1n) is 10.7. The van der Waals surface area contributed by atoms with E-state index in [1.807, 2.05) is 31.2 Å². The Kier molecular flexibility index (Phi) is 6.17. The number of aryl methyl sites for hydroxylation is 1. The van der Waals surface area contributed by atoms with Crippen LogP contribution in [-0.2, 0) is 22.4 Å². The minimum absolute atomic E-state index is 0.124. The van der Waals surface area contributed by atoms with Crippen LogP contribution < -0.4 is 15.7 Å². The molecule has 2 aromatic carbocycles. The van der Waals surface area contributed by atoms with Crippen molar-refractivity contribution >= 4 is 33.7 Å². The fourth-order valence-electron chi connectivity index (χ4n) is 3.84. The van der Waals surface area contributed by atoms with Crippen LogP contribution in [-0.4, -0.2) is 34.1 Å². The van der Waals surface area contributed by atoms with Gasteiger partial charge in [-0.05, 0) is 42.7 Å². The van der Waals surface area contributed by atoms with Gasteiger partial charge in [0, 0.05) is 41.0 Å². The lowest BCUT2D eigenvalue weighted by molar-refractivity contribution is -0.142. The second-order valence-corrected chi connectivity index (χ2v) is 7.83. The van der Waals surface area contributed by atoms with Crippen molar-refractivity contribution in [3.63, 3.8) is 0 Å². The van der Waals surface area contributed by atoms with Crippen LogP contribution in [0.2, 0.25) is 0 Å². The van der Waals surface area contributed by atoms with E-state index in [9.17, 15) is 19.5 Å². The molecule has 170 valence electrons. The van der Waals surface area contributed by atoms with Crippen LogP contribution in [0.3, 0.4) is 0 Å². The highest BCUT2D eigenvalue weighted by Gasteiger charge is 2.25. The number of aromatic nitrogens is 1. The maximum Gasteiger partial charge on any atom is 0.336 e. The number of carboxylic acids is 1. The van der Waals surface area contributed by atoms with E-state index < -0.39 is 29.6 Å². The first kappa shape index (κ1) is 22.1. The monoisotopic (exact) mass is 448 g/mol. The first-order chi connectivity index (χ1) is 15.9. The molecule has 0 aliphatic carbocycles. The van der Waals surface area contributed by atoms with Crippen LogP contribution in [0.1, 0.15) is 25.0 Å². The molecule has 0 bridgehead atoms. The van der Waals surface area contributed by atoms with Gasteiger partial charge in [-0.25, -0.2) is 9.59 Å². The number of hydrogen-bond donors (Lipinski definition) is 3. The second kappa shape index (κ2) is 9.20. The van der Waals surface area contributed by atoms with Gasteiger partial charge in [-0.15, -0.1) is 0 Å². The van der Waals surface area contributed by atoms with Crippen molar-refractivity contribution in [2.24, 2.45) is 0 Å². The number of benzene rings is 2. The van der Waals surface area contributed by atoms with Crippen LogP contribution in [0, 0.1) is 0 Å². The van der Waals surface area contributed by atoms with Crippen molar-refractivity contribution < 1.29 is 23.8 Å². The Labute approximate surface area is 189 Å². The zero-order chi connectivity index (χ0) is 23.5. The SMILES string of the molecule is CCc1cc(=O)oc2cc(O[C@@H](C)C(=O)N[C@@H](Cc3c[nH]c4ccccc34)C(=O)O)ccc12. The van der Waals surface area contributed by atoms with Gasteiger partial charge in [0.25, 0.3) is 5.91 Å². The quantitative estimate of drug-likeness (QED) is 0.355. The average Bonchev–Trinajstić information content (AvgIpc) is 3.20. The number of carbonyl (C=O) groups is 2. The Morgan fingerprint density at radius 3 is 2.67 bits per heavy atom. The molecule has 0 radical (unpaired) electrons. The molecule has 4 aromatic rings. The van der Waals surface area contributed by atoms with Gasteiger partial charge >= 0.3 is 11.6 Å². The molecular weight excluding hydrogens is 424 g/mol. The standard InChI is InChI=1S/C25H24N2O6/c1-3-15-11-23(28)33-22-12-17(8-9-19(15)22)32-14(2)24(29)27-21(25(30)31)10-16-13-26-20-7-5-4-6-18(16)20/h4-9,11-14,21,26H,3,10H2,1-2H3,(H,27,29)(H,30,31)/t14-,21-/m0/s1.